The van der Waals surface area contributed by atoms with Crippen molar-refractivity contribution in [2.24, 2.45) is 0 Å². The standard InChI is InChI=1S/C15H18F3NO2S/c1-10(19-13(20)14(21)6-7-22-9-14)8-11-4-2-3-5-12(11)15(16,17)18/h2-5,10,21H,6-9H2,1H3,(H,19,20)/t10-,14-/m1/s1. The molecule has 22 heavy (non-hydrogen) atoms. The maximum Gasteiger partial charge on any atom is 0.416 e. The molecule has 1 aromatic carbocycles. The molecule has 0 saturated carbocycles. The fraction of sp³-hybridized carbons (Fsp3) is 0.533. The summed E-state index contributed by atoms with van der Waals surface area (Å²) in [5.41, 5.74) is -1.95. The summed E-state index contributed by atoms with van der Waals surface area (Å²) in [4.78, 5) is 12.1. The second-order valence-electron chi connectivity index (χ2n) is 5.57. The lowest BCUT2D eigenvalue weighted by atomic mass is 9.98. The number of carbonyl (C=O) groups excluding carboxylic acids is 1. The number of halogens is 3. The maximum absolute atomic E-state index is 12.9. The van der Waals surface area contributed by atoms with Gasteiger partial charge in [-0.3, -0.25) is 4.79 Å². The van der Waals surface area contributed by atoms with Gasteiger partial charge in [0.05, 0.1) is 5.56 Å². The molecule has 0 unspecified atom stereocenters. The molecule has 7 heteroatoms. The minimum absolute atomic E-state index is 0.0602. The zero-order chi connectivity index (χ0) is 16.4. The summed E-state index contributed by atoms with van der Waals surface area (Å²) in [5.74, 6) is 0.523. The number of rotatable bonds is 4. The Balaban J connectivity index is 2.04. The Hall–Kier alpha value is -1.21. The lowest BCUT2D eigenvalue weighted by Gasteiger charge is -2.24. The van der Waals surface area contributed by atoms with Crippen LogP contribution in [0.1, 0.15) is 24.5 Å². The van der Waals surface area contributed by atoms with E-state index >= 15 is 0 Å². The number of benzene rings is 1. The number of thioether (sulfide) groups is 1. The van der Waals surface area contributed by atoms with Gasteiger partial charge in [0.2, 0.25) is 0 Å². The van der Waals surface area contributed by atoms with Crippen LogP contribution >= 0.6 is 11.8 Å². The number of hydrogen-bond acceptors (Lipinski definition) is 3. The molecule has 3 nitrogen and oxygen atoms in total. The van der Waals surface area contributed by atoms with E-state index < -0.39 is 29.3 Å². The highest BCUT2D eigenvalue weighted by atomic mass is 32.2. The second-order valence-corrected chi connectivity index (χ2v) is 6.67. The van der Waals surface area contributed by atoms with Gasteiger partial charge in [-0.1, -0.05) is 18.2 Å². The Morgan fingerprint density at radius 3 is 2.73 bits per heavy atom. The highest BCUT2D eigenvalue weighted by Gasteiger charge is 2.40. The van der Waals surface area contributed by atoms with Crippen LogP contribution < -0.4 is 5.32 Å². The molecule has 0 radical (unpaired) electrons. The first-order chi connectivity index (χ1) is 10.2. The number of alkyl halides is 3. The molecule has 1 heterocycles. The van der Waals surface area contributed by atoms with E-state index in [1.54, 1.807) is 13.0 Å². The lowest BCUT2D eigenvalue weighted by Crippen LogP contribution is -2.50. The zero-order valence-corrected chi connectivity index (χ0v) is 12.9. The van der Waals surface area contributed by atoms with Crippen molar-refractivity contribution in [3.05, 3.63) is 35.4 Å². The van der Waals surface area contributed by atoms with Gasteiger partial charge < -0.3 is 10.4 Å². The summed E-state index contributed by atoms with van der Waals surface area (Å²) in [6.07, 6.45) is -3.99. The third kappa shape index (κ3) is 3.95. The minimum atomic E-state index is -4.42. The van der Waals surface area contributed by atoms with Crippen molar-refractivity contribution in [3.63, 3.8) is 0 Å². The third-order valence-corrected chi connectivity index (χ3v) is 4.82. The molecule has 1 aliphatic heterocycles. The molecule has 0 aromatic heterocycles. The molecule has 1 saturated heterocycles. The highest BCUT2D eigenvalue weighted by molar-refractivity contribution is 7.99. The quantitative estimate of drug-likeness (QED) is 0.890. The summed E-state index contributed by atoms with van der Waals surface area (Å²) in [7, 11) is 0. The van der Waals surface area contributed by atoms with Crippen LogP contribution in [0, 0.1) is 0 Å². The van der Waals surface area contributed by atoms with Crippen molar-refractivity contribution in [2.45, 2.75) is 37.6 Å². The molecule has 122 valence electrons. The van der Waals surface area contributed by atoms with Gasteiger partial charge in [0.15, 0.2) is 5.60 Å². The van der Waals surface area contributed by atoms with Gasteiger partial charge in [0.25, 0.3) is 5.91 Å². The van der Waals surface area contributed by atoms with Crippen LogP contribution in [0.2, 0.25) is 0 Å². The van der Waals surface area contributed by atoms with E-state index in [-0.39, 0.29) is 12.0 Å². The summed E-state index contributed by atoms with van der Waals surface area (Å²) in [5, 5.41) is 12.8. The predicted molar refractivity (Wildman–Crippen MR) is 79.6 cm³/mol. The monoisotopic (exact) mass is 333 g/mol. The third-order valence-electron chi connectivity index (χ3n) is 3.65. The van der Waals surface area contributed by atoms with Crippen molar-refractivity contribution >= 4 is 17.7 Å². The van der Waals surface area contributed by atoms with Gasteiger partial charge in [-0.05, 0) is 37.1 Å². The number of hydrogen-bond donors (Lipinski definition) is 2. The highest BCUT2D eigenvalue weighted by Crippen LogP contribution is 2.32. The molecule has 1 fully saturated rings. The van der Waals surface area contributed by atoms with Crippen LogP contribution in [0.15, 0.2) is 24.3 Å². The van der Waals surface area contributed by atoms with E-state index in [9.17, 15) is 23.1 Å². The Morgan fingerprint density at radius 2 is 2.14 bits per heavy atom. The van der Waals surface area contributed by atoms with E-state index in [1.165, 1.54) is 23.9 Å². The number of carbonyl (C=O) groups is 1. The molecule has 1 amide bonds. The molecule has 0 spiro atoms. The first-order valence-corrected chi connectivity index (χ1v) is 8.14. The van der Waals surface area contributed by atoms with Crippen LogP contribution in [-0.4, -0.2) is 34.2 Å². The van der Waals surface area contributed by atoms with Gasteiger partial charge in [-0.15, -0.1) is 0 Å². The molecule has 1 aromatic rings. The molecular weight excluding hydrogens is 315 g/mol. The van der Waals surface area contributed by atoms with E-state index in [0.29, 0.717) is 17.9 Å². The Kier molecular flexibility index (Phi) is 5.07. The molecule has 1 aliphatic rings. The lowest BCUT2D eigenvalue weighted by molar-refractivity contribution is -0.138. The van der Waals surface area contributed by atoms with Gasteiger partial charge in [-0.2, -0.15) is 24.9 Å². The Bertz CT molecular complexity index is 542. The summed E-state index contributed by atoms with van der Waals surface area (Å²) in [6.45, 7) is 1.64. The fourth-order valence-electron chi connectivity index (χ4n) is 2.45. The van der Waals surface area contributed by atoms with Crippen molar-refractivity contribution < 1.29 is 23.1 Å². The Labute approximate surface area is 131 Å². The van der Waals surface area contributed by atoms with Gasteiger partial charge in [0, 0.05) is 11.8 Å². The van der Waals surface area contributed by atoms with Gasteiger partial charge in [0.1, 0.15) is 0 Å². The molecular formula is C15H18F3NO2S. The number of nitrogens with one attached hydrogen (secondary N) is 1. The van der Waals surface area contributed by atoms with Crippen LogP contribution in [0.25, 0.3) is 0 Å². The number of amides is 1. The van der Waals surface area contributed by atoms with Gasteiger partial charge >= 0.3 is 6.18 Å². The topological polar surface area (TPSA) is 49.3 Å². The number of aliphatic hydroxyl groups is 1. The average molecular weight is 333 g/mol. The van der Waals surface area contributed by atoms with Crippen LogP contribution in [-0.2, 0) is 17.4 Å². The van der Waals surface area contributed by atoms with Gasteiger partial charge in [-0.25, -0.2) is 0 Å². The van der Waals surface area contributed by atoms with E-state index in [1.807, 2.05) is 0 Å². The van der Waals surface area contributed by atoms with Crippen LogP contribution in [0.3, 0.4) is 0 Å². The SMILES string of the molecule is C[C@H](Cc1ccccc1C(F)(F)F)NC(=O)[C@@]1(O)CCSC1. The fourth-order valence-corrected chi connectivity index (χ4v) is 3.69. The van der Waals surface area contributed by atoms with E-state index in [2.05, 4.69) is 5.32 Å². The van der Waals surface area contributed by atoms with Crippen molar-refractivity contribution in [2.75, 3.05) is 11.5 Å². The largest absolute Gasteiger partial charge is 0.416 e. The summed E-state index contributed by atoms with van der Waals surface area (Å²) < 4.78 is 38.8. The second kappa shape index (κ2) is 6.50. The van der Waals surface area contributed by atoms with Crippen LogP contribution in [0.5, 0.6) is 0 Å². The molecule has 0 bridgehead atoms. The van der Waals surface area contributed by atoms with Crippen molar-refractivity contribution in [3.8, 4) is 0 Å². The average Bonchev–Trinajstić information content (AvgIpc) is 2.86. The zero-order valence-electron chi connectivity index (χ0n) is 12.1. The smallest absolute Gasteiger partial charge is 0.379 e. The predicted octanol–water partition coefficient (Wildman–Crippen LogP) is 2.62. The van der Waals surface area contributed by atoms with Crippen LogP contribution in [0.4, 0.5) is 13.2 Å². The molecule has 2 atom stereocenters. The molecule has 0 aliphatic carbocycles. The van der Waals surface area contributed by atoms with E-state index in [0.717, 1.165) is 6.07 Å². The first-order valence-electron chi connectivity index (χ1n) is 6.98. The molecule has 2 rings (SSSR count). The van der Waals surface area contributed by atoms with Crippen molar-refractivity contribution in [1.82, 2.24) is 5.32 Å². The minimum Gasteiger partial charge on any atom is -0.379 e. The van der Waals surface area contributed by atoms with Crippen molar-refractivity contribution in [1.29, 1.82) is 0 Å². The normalized spacial score (nSPS) is 23.3. The van der Waals surface area contributed by atoms with E-state index in [4.69, 9.17) is 0 Å². The first kappa shape index (κ1) is 17.1. The molecule has 2 N–H and O–H groups in total. The summed E-state index contributed by atoms with van der Waals surface area (Å²) >= 11 is 1.49. The maximum atomic E-state index is 12.9. The summed E-state index contributed by atoms with van der Waals surface area (Å²) in [6, 6.07) is 4.83. The Morgan fingerprint density at radius 1 is 1.45 bits per heavy atom.